The van der Waals surface area contributed by atoms with Crippen LogP contribution in [-0.2, 0) is 5.41 Å². The van der Waals surface area contributed by atoms with Crippen LogP contribution in [0.1, 0.15) is 25.0 Å². The van der Waals surface area contributed by atoms with Gasteiger partial charge in [-0.1, -0.05) is 56.3 Å². The maximum atomic E-state index is 4.89. The summed E-state index contributed by atoms with van der Waals surface area (Å²) in [7, 11) is 0. The van der Waals surface area contributed by atoms with Crippen LogP contribution in [0.2, 0.25) is 0 Å². The molecule has 1 aliphatic heterocycles. The van der Waals surface area contributed by atoms with Gasteiger partial charge in [-0.3, -0.25) is 4.98 Å². The van der Waals surface area contributed by atoms with Crippen LogP contribution in [0.25, 0.3) is 49.0 Å². The zero-order chi connectivity index (χ0) is 18.6. The number of para-hydroxylation sites is 1. The van der Waals surface area contributed by atoms with Crippen LogP contribution >= 0.6 is 0 Å². The summed E-state index contributed by atoms with van der Waals surface area (Å²) in [4.78, 5) is 4.89. The van der Waals surface area contributed by atoms with E-state index in [1.807, 2.05) is 6.20 Å². The fourth-order valence-corrected chi connectivity index (χ4v) is 5.37. The van der Waals surface area contributed by atoms with E-state index in [2.05, 4.69) is 85.0 Å². The summed E-state index contributed by atoms with van der Waals surface area (Å²) in [6.45, 7) is 4.67. The molecule has 0 spiro atoms. The highest BCUT2D eigenvalue weighted by Crippen LogP contribution is 2.47. The third-order valence-corrected chi connectivity index (χ3v) is 6.74. The van der Waals surface area contributed by atoms with Crippen molar-refractivity contribution in [1.29, 1.82) is 0 Å². The minimum atomic E-state index is -0.0491. The van der Waals surface area contributed by atoms with Gasteiger partial charge >= 0.3 is 0 Å². The molecule has 0 aliphatic carbocycles. The Morgan fingerprint density at radius 3 is 2.25 bits per heavy atom. The van der Waals surface area contributed by atoms with Gasteiger partial charge in [0.05, 0.1) is 22.1 Å². The normalized spacial score (nSPS) is 15.1. The minimum absolute atomic E-state index is 0.0491. The van der Waals surface area contributed by atoms with E-state index in [0.717, 1.165) is 5.52 Å². The van der Waals surface area contributed by atoms with E-state index in [9.17, 15) is 0 Å². The van der Waals surface area contributed by atoms with Crippen LogP contribution in [0.4, 0.5) is 0 Å². The Morgan fingerprint density at radius 2 is 1.43 bits per heavy atom. The van der Waals surface area contributed by atoms with E-state index in [-0.39, 0.29) is 5.41 Å². The van der Waals surface area contributed by atoms with Gasteiger partial charge in [-0.15, -0.1) is 0 Å². The van der Waals surface area contributed by atoms with Crippen molar-refractivity contribution < 1.29 is 0 Å². The zero-order valence-corrected chi connectivity index (χ0v) is 15.8. The smallest absolute Gasteiger partial charge is 0.0952 e. The van der Waals surface area contributed by atoms with Gasteiger partial charge in [0.15, 0.2) is 0 Å². The molecule has 6 aromatic rings. The van der Waals surface area contributed by atoms with Gasteiger partial charge < -0.3 is 4.40 Å². The highest BCUT2D eigenvalue weighted by Gasteiger charge is 2.34. The molecular formula is C26H18N2. The molecule has 132 valence electrons. The molecular weight excluding hydrogens is 340 g/mol. The van der Waals surface area contributed by atoms with Gasteiger partial charge in [0, 0.05) is 27.8 Å². The highest BCUT2D eigenvalue weighted by molar-refractivity contribution is 6.19. The van der Waals surface area contributed by atoms with Crippen molar-refractivity contribution in [2.24, 2.45) is 0 Å². The first-order valence-electron chi connectivity index (χ1n) is 9.83. The van der Waals surface area contributed by atoms with Crippen molar-refractivity contribution in [3.05, 3.63) is 84.1 Å². The van der Waals surface area contributed by atoms with Crippen LogP contribution in [0.15, 0.2) is 72.9 Å². The molecule has 0 saturated heterocycles. The van der Waals surface area contributed by atoms with Gasteiger partial charge in [0.2, 0.25) is 0 Å². The molecule has 7 rings (SSSR count). The summed E-state index contributed by atoms with van der Waals surface area (Å²) in [6, 6.07) is 24.5. The Hall–Kier alpha value is -3.39. The van der Waals surface area contributed by atoms with Crippen LogP contribution in [0.5, 0.6) is 0 Å². The lowest BCUT2D eigenvalue weighted by atomic mass is 9.75. The van der Waals surface area contributed by atoms with Crippen molar-refractivity contribution in [1.82, 2.24) is 9.38 Å². The summed E-state index contributed by atoms with van der Waals surface area (Å²) in [5, 5.41) is 6.36. The number of nitrogens with zero attached hydrogens (tertiary/aromatic N) is 2. The number of pyridine rings is 2. The maximum absolute atomic E-state index is 4.89. The quantitative estimate of drug-likeness (QED) is 0.221. The molecule has 0 N–H and O–H groups in total. The van der Waals surface area contributed by atoms with E-state index in [4.69, 9.17) is 4.98 Å². The number of rotatable bonds is 0. The van der Waals surface area contributed by atoms with Crippen molar-refractivity contribution in [2.75, 3.05) is 0 Å². The van der Waals surface area contributed by atoms with Gasteiger partial charge in [-0.05, 0) is 46.2 Å². The highest BCUT2D eigenvalue weighted by atomic mass is 14.9. The van der Waals surface area contributed by atoms with Crippen LogP contribution in [-0.4, -0.2) is 9.38 Å². The first-order valence-corrected chi connectivity index (χ1v) is 9.83. The average molecular weight is 358 g/mol. The third kappa shape index (κ3) is 1.51. The molecule has 0 radical (unpaired) electrons. The Kier molecular flexibility index (Phi) is 2.37. The fourth-order valence-electron chi connectivity index (χ4n) is 5.37. The molecule has 0 unspecified atom stereocenters. The van der Waals surface area contributed by atoms with Crippen molar-refractivity contribution in [2.45, 2.75) is 19.3 Å². The van der Waals surface area contributed by atoms with E-state index in [0.29, 0.717) is 0 Å². The van der Waals surface area contributed by atoms with Crippen molar-refractivity contribution in [3.63, 3.8) is 0 Å². The standard InChI is InChI=1S/C26H18N2/c1-26(2)20-9-5-8-17-14-22-18-12-15-6-3-4-7-16(15)13-19(18)23-25(28(22)24(17)20)21(26)10-11-27-23/h3-14H,1-2H3. The molecule has 1 aliphatic rings. The Bertz CT molecular complexity index is 1630. The molecule has 0 saturated carbocycles. The predicted molar refractivity (Wildman–Crippen MR) is 117 cm³/mol. The second-order valence-corrected chi connectivity index (χ2v) is 8.53. The number of aromatic nitrogens is 2. The fraction of sp³-hybridized carbons (Fsp3) is 0.115. The Labute approximate surface area is 162 Å². The molecule has 0 atom stereocenters. The Morgan fingerprint density at radius 1 is 0.714 bits per heavy atom. The zero-order valence-electron chi connectivity index (χ0n) is 15.8. The molecule has 0 bridgehead atoms. The molecule has 0 fully saturated rings. The SMILES string of the molecule is CC1(C)c2cccc3cc4c5cc6ccccc6cc5c5nccc1c5n4c23. The second kappa shape index (κ2) is 4.53. The summed E-state index contributed by atoms with van der Waals surface area (Å²) in [5.74, 6) is 0. The summed E-state index contributed by atoms with van der Waals surface area (Å²) < 4.78 is 2.46. The largest absolute Gasteiger partial charge is 0.306 e. The van der Waals surface area contributed by atoms with Crippen LogP contribution in [0.3, 0.4) is 0 Å². The van der Waals surface area contributed by atoms with Crippen molar-refractivity contribution >= 4 is 49.0 Å². The first kappa shape index (κ1) is 14.6. The van der Waals surface area contributed by atoms with Gasteiger partial charge in [0.1, 0.15) is 0 Å². The monoisotopic (exact) mass is 358 g/mol. The number of benzene rings is 3. The maximum Gasteiger partial charge on any atom is 0.0952 e. The van der Waals surface area contributed by atoms with E-state index < -0.39 is 0 Å². The summed E-state index contributed by atoms with van der Waals surface area (Å²) in [5.41, 5.74) is 7.68. The van der Waals surface area contributed by atoms with Crippen molar-refractivity contribution in [3.8, 4) is 0 Å². The summed E-state index contributed by atoms with van der Waals surface area (Å²) >= 11 is 0. The second-order valence-electron chi connectivity index (χ2n) is 8.53. The molecule has 28 heavy (non-hydrogen) atoms. The molecule has 2 nitrogen and oxygen atoms in total. The Balaban J connectivity index is 1.91. The van der Waals surface area contributed by atoms with Crippen LogP contribution in [0, 0.1) is 0 Å². The van der Waals surface area contributed by atoms with E-state index >= 15 is 0 Å². The van der Waals surface area contributed by atoms with E-state index in [1.165, 1.54) is 54.6 Å². The average Bonchev–Trinajstić information content (AvgIpc) is 3.11. The number of fused-ring (bicyclic) bond motifs is 4. The lowest BCUT2D eigenvalue weighted by molar-refractivity contribution is 0.642. The molecule has 3 aromatic carbocycles. The lowest BCUT2D eigenvalue weighted by Crippen LogP contribution is -2.24. The van der Waals surface area contributed by atoms with E-state index in [1.54, 1.807) is 0 Å². The predicted octanol–water partition coefficient (Wildman–Crippen LogP) is 6.59. The topological polar surface area (TPSA) is 17.3 Å². The number of hydrogen-bond donors (Lipinski definition) is 0. The third-order valence-electron chi connectivity index (χ3n) is 6.74. The van der Waals surface area contributed by atoms with Gasteiger partial charge in [0.25, 0.3) is 0 Å². The molecule has 3 aromatic heterocycles. The van der Waals surface area contributed by atoms with Gasteiger partial charge in [-0.2, -0.15) is 0 Å². The molecule has 4 heterocycles. The first-order chi connectivity index (χ1) is 13.6. The minimum Gasteiger partial charge on any atom is -0.306 e. The van der Waals surface area contributed by atoms with Crippen LogP contribution < -0.4 is 0 Å². The summed E-state index contributed by atoms with van der Waals surface area (Å²) in [6.07, 6.45) is 1.98. The number of hydrogen-bond acceptors (Lipinski definition) is 1. The van der Waals surface area contributed by atoms with Gasteiger partial charge in [-0.25, -0.2) is 0 Å². The lowest BCUT2D eigenvalue weighted by Gasteiger charge is -2.32. The molecule has 2 heteroatoms. The molecule has 0 amide bonds.